The number of nitrogens with zero attached hydrogens (tertiary/aromatic N) is 3. The van der Waals surface area contributed by atoms with Gasteiger partial charge in [-0.15, -0.1) is 24.0 Å². The standard InChI is InChI=1S/C22H24F3N5O.HI/c1-26-21(28-15-18-4-2-5-20(14-18)31-16-22(23,24)25)27-12-10-17-6-8-19(9-7-17)30-13-3-11-29-30;/h2-9,11,13-14H,10,12,15-16H2,1H3,(H2,26,27,28);1H. The summed E-state index contributed by atoms with van der Waals surface area (Å²) in [5.74, 6) is 0.785. The van der Waals surface area contributed by atoms with E-state index in [2.05, 4.69) is 32.9 Å². The van der Waals surface area contributed by atoms with E-state index in [1.54, 1.807) is 30.1 Å². The molecule has 0 saturated heterocycles. The van der Waals surface area contributed by atoms with Gasteiger partial charge < -0.3 is 15.4 Å². The van der Waals surface area contributed by atoms with E-state index in [9.17, 15) is 13.2 Å². The molecule has 6 nitrogen and oxygen atoms in total. The fourth-order valence-electron chi connectivity index (χ4n) is 2.88. The number of alkyl halides is 3. The maximum absolute atomic E-state index is 12.3. The lowest BCUT2D eigenvalue weighted by Crippen LogP contribution is -2.37. The largest absolute Gasteiger partial charge is 0.484 e. The van der Waals surface area contributed by atoms with E-state index in [-0.39, 0.29) is 29.7 Å². The Hall–Kier alpha value is -2.76. The van der Waals surface area contributed by atoms with Gasteiger partial charge in [-0.3, -0.25) is 4.99 Å². The minimum absolute atomic E-state index is 0. The summed E-state index contributed by atoms with van der Waals surface area (Å²) in [4.78, 5) is 4.18. The highest BCUT2D eigenvalue weighted by Crippen LogP contribution is 2.19. The number of hydrogen-bond acceptors (Lipinski definition) is 3. The molecule has 0 aliphatic rings. The predicted molar refractivity (Wildman–Crippen MR) is 129 cm³/mol. The quantitative estimate of drug-likeness (QED) is 0.245. The smallest absolute Gasteiger partial charge is 0.422 e. The van der Waals surface area contributed by atoms with Crippen LogP contribution in [0.2, 0.25) is 0 Å². The number of aromatic nitrogens is 2. The maximum Gasteiger partial charge on any atom is 0.422 e. The number of ether oxygens (including phenoxy) is 1. The molecule has 32 heavy (non-hydrogen) atoms. The van der Waals surface area contributed by atoms with Crippen molar-refractivity contribution in [1.82, 2.24) is 20.4 Å². The number of guanidine groups is 1. The Morgan fingerprint density at radius 1 is 1.06 bits per heavy atom. The lowest BCUT2D eigenvalue weighted by atomic mass is 10.1. The molecule has 0 saturated carbocycles. The van der Waals surface area contributed by atoms with E-state index in [0.717, 1.165) is 17.7 Å². The van der Waals surface area contributed by atoms with Gasteiger partial charge in [0.1, 0.15) is 5.75 Å². The third-order valence-electron chi connectivity index (χ3n) is 4.40. The molecule has 3 rings (SSSR count). The fourth-order valence-corrected chi connectivity index (χ4v) is 2.88. The molecule has 172 valence electrons. The summed E-state index contributed by atoms with van der Waals surface area (Å²) in [6.45, 7) is -0.229. The number of hydrogen-bond donors (Lipinski definition) is 2. The second-order valence-corrected chi connectivity index (χ2v) is 6.77. The molecule has 0 fully saturated rings. The lowest BCUT2D eigenvalue weighted by Gasteiger charge is -2.13. The first-order valence-electron chi connectivity index (χ1n) is 9.75. The Morgan fingerprint density at radius 2 is 1.84 bits per heavy atom. The molecule has 0 spiro atoms. The highest BCUT2D eigenvalue weighted by molar-refractivity contribution is 14.0. The summed E-state index contributed by atoms with van der Waals surface area (Å²) in [7, 11) is 1.66. The van der Waals surface area contributed by atoms with Gasteiger partial charge in [-0.05, 0) is 47.9 Å². The Labute approximate surface area is 201 Å². The lowest BCUT2D eigenvalue weighted by molar-refractivity contribution is -0.153. The van der Waals surface area contributed by atoms with E-state index < -0.39 is 12.8 Å². The van der Waals surface area contributed by atoms with Crippen LogP contribution >= 0.6 is 24.0 Å². The van der Waals surface area contributed by atoms with Gasteiger partial charge in [-0.2, -0.15) is 18.3 Å². The third-order valence-corrected chi connectivity index (χ3v) is 4.40. The zero-order valence-electron chi connectivity index (χ0n) is 17.5. The topological polar surface area (TPSA) is 63.5 Å². The number of halogens is 4. The minimum atomic E-state index is -4.36. The van der Waals surface area contributed by atoms with Crippen molar-refractivity contribution in [2.75, 3.05) is 20.2 Å². The molecule has 2 N–H and O–H groups in total. The number of aliphatic imine (C=N–C) groups is 1. The van der Waals surface area contributed by atoms with Gasteiger partial charge in [0.05, 0.1) is 5.69 Å². The Bertz CT molecular complexity index is 976. The normalized spacial score (nSPS) is 11.6. The first-order valence-corrected chi connectivity index (χ1v) is 9.75. The van der Waals surface area contributed by atoms with Crippen LogP contribution < -0.4 is 15.4 Å². The van der Waals surface area contributed by atoms with Crippen LogP contribution in [0, 0.1) is 0 Å². The summed E-state index contributed by atoms with van der Waals surface area (Å²) < 4.78 is 43.5. The van der Waals surface area contributed by atoms with Gasteiger partial charge in [0, 0.05) is 32.5 Å². The van der Waals surface area contributed by atoms with Gasteiger partial charge >= 0.3 is 6.18 Å². The van der Waals surface area contributed by atoms with Crippen molar-refractivity contribution in [2.24, 2.45) is 4.99 Å². The van der Waals surface area contributed by atoms with Crippen LogP contribution in [0.1, 0.15) is 11.1 Å². The predicted octanol–water partition coefficient (Wildman–Crippen LogP) is 4.34. The minimum Gasteiger partial charge on any atom is -0.484 e. The SMILES string of the molecule is CN=C(NCCc1ccc(-n2cccn2)cc1)NCc1cccc(OCC(F)(F)F)c1.I. The van der Waals surface area contributed by atoms with Crippen molar-refractivity contribution in [3.63, 3.8) is 0 Å². The average Bonchev–Trinajstić information content (AvgIpc) is 3.30. The molecule has 2 aromatic carbocycles. The number of rotatable bonds is 8. The van der Waals surface area contributed by atoms with Crippen LogP contribution in [0.3, 0.4) is 0 Å². The third kappa shape index (κ3) is 8.40. The van der Waals surface area contributed by atoms with Gasteiger partial charge in [-0.1, -0.05) is 24.3 Å². The van der Waals surface area contributed by atoms with Crippen LogP contribution in [0.4, 0.5) is 13.2 Å². The molecule has 0 aliphatic carbocycles. The summed E-state index contributed by atoms with van der Waals surface area (Å²) in [6.07, 6.45) is 0.0766. The summed E-state index contributed by atoms with van der Waals surface area (Å²) in [6, 6.07) is 16.6. The molecule has 1 aromatic heterocycles. The van der Waals surface area contributed by atoms with Crippen molar-refractivity contribution in [2.45, 2.75) is 19.1 Å². The highest BCUT2D eigenvalue weighted by atomic mass is 127. The van der Waals surface area contributed by atoms with Crippen LogP contribution in [-0.2, 0) is 13.0 Å². The second kappa shape index (κ2) is 12.3. The Morgan fingerprint density at radius 3 is 2.50 bits per heavy atom. The number of nitrogens with one attached hydrogen (secondary N) is 2. The van der Waals surface area contributed by atoms with E-state index >= 15 is 0 Å². The molecular formula is C22H25F3IN5O. The molecular weight excluding hydrogens is 534 g/mol. The molecule has 0 radical (unpaired) electrons. The second-order valence-electron chi connectivity index (χ2n) is 6.77. The first-order chi connectivity index (χ1) is 14.9. The van der Waals surface area contributed by atoms with E-state index in [1.807, 2.05) is 30.5 Å². The average molecular weight is 559 g/mol. The molecule has 0 amide bonds. The van der Waals surface area contributed by atoms with Crippen LogP contribution in [0.25, 0.3) is 5.69 Å². The van der Waals surface area contributed by atoms with Crippen LogP contribution in [-0.4, -0.2) is 42.1 Å². The molecule has 0 bridgehead atoms. The molecule has 0 atom stereocenters. The molecule has 0 aliphatic heterocycles. The van der Waals surface area contributed by atoms with E-state index in [4.69, 9.17) is 4.74 Å². The maximum atomic E-state index is 12.3. The van der Waals surface area contributed by atoms with Crippen LogP contribution in [0.15, 0.2) is 72.0 Å². The first kappa shape index (κ1) is 25.5. The zero-order chi connectivity index (χ0) is 22.1. The van der Waals surface area contributed by atoms with E-state index in [0.29, 0.717) is 19.0 Å². The number of benzene rings is 2. The summed E-state index contributed by atoms with van der Waals surface area (Å²) in [5.41, 5.74) is 2.96. The molecule has 10 heteroatoms. The van der Waals surface area contributed by atoms with Gasteiger partial charge in [0.15, 0.2) is 12.6 Å². The molecule has 3 aromatic rings. The molecule has 0 unspecified atom stereocenters. The van der Waals surface area contributed by atoms with Crippen molar-refractivity contribution in [3.8, 4) is 11.4 Å². The van der Waals surface area contributed by atoms with Crippen molar-refractivity contribution in [1.29, 1.82) is 0 Å². The summed E-state index contributed by atoms with van der Waals surface area (Å²) >= 11 is 0. The van der Waals surface area contributed by atoms with Gasteiger partial charge in [0.2, 0.25) is 0 Å². The van der Waals surface area contributed by atoms with Crippen molar-refractivity contribution < 1.29 is 17.9 Å². The molecule has 1 heterocycles. The fraction of sp³-hybridized carbons (Fsp3) is 0.273. The van der Waals surface area contributed by atoms with Crippen molar-refractivity contribution >= 4 is 29.9 Å². The Kier molecular flexibility index (Phi) is 9.82. The summed E-state index contributed by atoms with van der Waals surface area (Å²) in [5, 5.41) is 10.6. The van der Waals surface area contributed by atoms with Gasteiger partial charge in [-0.25, -0.2) is 4.68 Å². The highest BCUT2D eigenvalue weighted by Gasteiger charge is 2.28. The Balaban J connectivity index is 0.00000363. The van der Waals surface area contributed by atoms with Gasteiger partial charge in [0.25, 0.3) is 0 Å². The van der Waals surface area contributed by atoms with Crippen LogP contribution in [0.5, 0.6) is 5.75 Å². The van der Waals surface area contributed by atoms with Crippen molar-refractivity contribution in [3.05, 3.63) is 78.1 Å². The zero-order valence-corrected chi connectivity index (χ0v) is 19.8. The van der Waals surface area contributed by atoms with E-state index in [1.165, 1.54) is 11.6 Å². The monoisotopic (exact) mass is 559 g/mol.